The van der Waals surface area contributed by atoms with Crippen LogP contribution in [0.15, 0.2) is 46.5 Å². The molecule has 0 amide bonds. The van der Waals surface area contributed by atoms with Gasteiger partial charge in [0.05, 0.1) is 17.7 Å². The fraction of sp³-hybridized carbons (Fsp3) is 0.333. The third-order valence-corrected chi connectivity index (χ3v) is 8.27. The highest BCUT2D eigenvalue weighted by Crippen LogP contribution is 2.34. The van der Waals surface area contributed by atoms with E-state index in [1.165, 1.54) is 15.4 Å². The number of aromatic hydroxyl groups is 1. The Labute approximate surface area is 258 Å². The van der Waals surface area contributed by atoms with Crippen molar-refractivity contribution >= 4 is 23.2 Å². The van der Waals surface area contributed by atoms with Gasteiger partial charge in [-0.15, -0.1) is 6.58 Å². The number of aromatic nitrogens is 4. The van der Waals surface area contributed by atoms with Crippen LogP contribution in [0.2, 0.25) is 10.3 Å². The molecule has 0 atom stereocenters. The molecule has 1 N–H and O–H groups in total. The molecule has 0 saturated carbocycles. The summed E-state index contributed by atoms with van der Waals surface area (Å²) in [5.41, 5.74) is -1.03. The SMILES string of the molecule is C=CCCOc1cc(-c2c(Cl)n3n(c2=O)CCCC3)c(F)cc1F.O=c1c(-c2cc(O)c(F)cc2F)c(Cl)n2n1CCCC2. The topological polar surface area (TPSA) is 83.3 Å². The zero-order valence-corrected chi connectivity index (χ0v) is 24.9. The number of benzene rings is 2. The molecule has 2 aromatic heterocycles. The van der Waals surface area contributed by atoms with E-state index >= 15 is 0 Å². The maximum atomic E-state index is 14.3. The molecule has 2 aliphatic heterocycles. The Morgan fingerprint density at radius 1 is 0.727 bits per heavy atom. The van der Waals surface area contributed by atoms with E-state index in [0.29, 0.717) is 38.7 Å². The predicted octanol–water partition coefficient (Wildman–Crippen LogP) is 6.74. The fourth-order valence-corrected chi connectivity index (χ4v) is 6.03. The Bertz CT molecular complexity index is 1860. The Morgan fingerprint density at radius 2 is 1.18 bits per heavy atom. The Balaban J connectivity index is 0.000000177. The van der Waals surface area contributed by atoms with Crippen LogP contribution >= 0.6 is 23.2 Å². The molecule has 0 aliphatic carbocycles. The molecule has 0 unspecified atom stereocenters. The van der Waals surface area contributed by atoms with Crippen molar-refractivity contribution in [3.63, 3.8) is 0 Å². The first-order chi connectivity index (χ1) is 21.0. The van der Waals surface area contributed by atoms with Crippen LogP contribution in [0, 0.1) is 23.3 Å². The molecule has 8 nitrogen and oxygen atoms in total. The van der Waals surface area contributed by atoms with Crippen LogP contribution in [0.4, 0.5) is 17.6 Å². The number of phenolic OH excluding ortho intramolecular Hbond substituents is 1. The third-order valence-electron chi connectivity index (χ3n) is 7.50. The van der Waals surface area contributed by atoms with Gasteiger partial charge in [0.2, 0.25) is 0 Å². The minimum absolute atomic E-state index is 0.0404. The van der Waals surface area contributed by atoms with Gasteiger partial charge in [-0.1, -0.05) is 29.3 Å². The van der Waals surface area contributed by atoms with Crippen molar-refractivity contribution in [3.05, 3.63) is 91.2 Å². The molecule has 2 aliphatic rings. The summed E-state index contributed by atoms with van der Waals surface area (Å²) in [5.74, 6) is -4.50. The van der Waals surface area contributed by atoms with Crippen LogP contribution in [0.3, 0.4) is 0 Å². The largest absolute Gasteiger partial charge is 0.505 e. The fourth-order valence-electron chi connectivity index (χ4n) is 5.32. The van der Waals surface area contributed by atoms with Crippen molar-refractivity contribution in [1.82, 2.24) is 18.7 Å². The maximum Gasteiger partial charge on any atom is 0.276 e. The lowest BCUT2D eigenvalue weighted by Gasteiger charge is -2.17. The average molecular weight is 655 g/mol. The Morgan fingerprint density at radius 3 is 1.66 bits per heavy atom. The van der Waals surface area contributed by atoms with Gasteiger partial charge < -0.3 is 9.84 Å². The lowest BCUT2D eigenvalue weighted by molar-refractivity contribution is 0.307. The number of hydrogen-bond donors (Lipinski definition) is 1. The van der Waals surface area contributed by atoms with Crippen molar-refractivity contribution in [3.8, 4) is 33.8 Å². The first-order valence-corrected chi connectivity index (χ1v) is 14.7. The van der Waals surface area contributed by atoms with Gasteiger partial charge in [-0.25, -0.2) is 26.9 Å². The van der Waals surface area contributed by atoms with Gasteiger partial charge in [-0.3, -0.25) is 19.0 Å². The van der Waals surface area contributed by atoms with Gasteiger partial charge in [-0.05, 0) is 44.2 Å². The molecule has 4 aromatic rings. The van der Waals surface area contributed by atoms with E-state index in [1.54, 1.807) is 15.4 Å². The summed E-state index contributed by atoms with van der Waals surface area (Å²) in [6.07, 6.45) is 5.64. The first kappa shape index (κ1) is 31.5. The summed E-state index contributed by atoms with van der Waals surface area (Å²) < 4.78 is 66.6. The molecule has 0 radical (unpaired) electrons. The minimum atomic E-state index is -1.08. The minimum Gasteiger partial charge on any atom is -0.505 e. The molecule has 4 heterocycles. The number of halogens is 6. The second kappa shape index (κ2) is 13.0. The van der Waals surface area contributed by atoms with Gasteiger partial charge in [0.1, 0.15) is 21.9 Å². The summed E-state index contributed by atoms with van der Waals surface area (Å²) in [4.78, 5) is 24.9. The van der Waals surface area contributed by atoms with Crippen molar-refractivity contribution < 1.29 is 27.4 Å². The molecular formula is C30H28Cl2F4N4O4. The number of nitrogens with zero attached hydrogens (tertiary/aromatic N) is 4. The van der Waals surface area contributed by atoms with Crippen LogP contribution in [-0.2, 0) is 26.2 Å². The zero-order chi connectivity index (χ0) is 31.7. The molecule has 14 heteroatoms. The molecule has 234 valence electrons. The van der Waals surface area contributed by atoms with Gasteiger partial charge >= 0.3 is 0 Å². The average Bonchev–Trinajstić information content (AvgIpc) is 3.41. The third kappa shape index (κ3) is 5.80. The summed E-state index contributed by atoms with van der Waals surface area (Å²) in [5, 5.41) is 9.65. The molecular weight excluding hydrogens is 627 g/mol. The highest BCUT2D eigenvalue weighted by atomic mass is 35.5. The van der Waals surface area contributed by atoms with Crippen molar-refractivity contribution in [1.29, 1.82) is 0 Å². The Kier molecular flexibility index (Phi) is 9.31. The van der Waals surface area contributed by atoms with E-state index in [4.69, 9.17) is 27.9 Å². The van der Waals surface area contributed by atoms with Gasteiger partial charge in [-0.2, -0.15) is 0 Å². The second-order valence-electron chi connectivity index (χ2n) is 10.3. The Hall–Kier alpha value is -3.90. The number of rotatable bonds is 6. The van der Waals surface area contributed by atoms with E-state index in [9.17, 15) is 32.3 Å². The van der Waals surface area contributed by atoms with Crippen LogP contribution in [0.1, 0.15) is 32.1 Å². The van der Waals surface area contributed by atoms with Crippen LogP contribution in [0.25, 0.3) is 22.3 Å². The van der Waals surface area contributed by atoms with E-state index < -0.39 is 34.6 Å². The van der Waals surface area contributed by atoms with Crippen LogP contribution in [-0.4, -0.2) is 30.4 Å². The summed E-state index contributed by atoms with van der Waals surface area (Å²) in [6.45, 7) is 5.98. The van der Waals surface area contributed by atoms with E-state index in [0.717, 1.165) is 37.8 Å². The number of hydrogen-bond acceptors (Lipinski definition) is 4. The quantitative estimate of drug-likeness (QED) is 0.142. The van der Waals surface area contributed by atoms with E-state index in [2.05, 4.69) is 6.58 Å². The molecule has 2 aromatic carbocycles. The first-order valence-electron chi connectivity index (χ1n) is 13.9. The second-order valence-corrected chi connectivity index (χ2v) is 11.0. The monoisotopic (exact) mass is 654 g/mol. The molecule has 0 saturated heterocycles. The molecule has 44 heavy (non-hydrogen) atoms. The highest BCUT2D eigenvalue weighted by Gasteiger charge is 2.26. The normalized spacial score (nSPS) is 14.0. The zero-order valence-electron chi connectivity index (χ0n) is 23.4. The summed E-state index contributed by atoms with van der Waals surface area (Å²) >= 11 is 12.4. The van der Waals surface area contributed by atoms with E-state index in [-0.39, 0.29) is 50.5 Å². The highest BCUT2D eigenvalue weighted by molar-refractivity contribution is 6.32. The maximum absolute atomic E-state index is 14.3. The number of fused-ring (bicyclic) bond motifs is 2. The standard InChI is InChI=1S/C17H17ClF2N2O2.C13H11ClF2N2O2/c1-2-3-8-24-14-9-11(12(19)10-13(14)20)15-16(18)21-6-4-5-7-22(21)17(15)23;14-12-11(7-5-10(19)9(16)6-8(7)15)13(20)18-4-2-1-3-17(12)18/h2,9-10H,1,3-8H2;5-6,19H,1-4H2. The smallest absolute Gasteiger partial charge is 0.276 e. The van der Waals surface area contributed by atoms with Gasteiger partial charge in [0.15, 0.2) is 23.1 Å². The molecule has 0 spiro atoms. The molecule has 6 rings (SSSR count). The number of phenols is 1. The predicted molar refractivity (Wildman–Crippen MR) is 159 cm³/mol. The van der Waals surface area contributed by atoms with Crippen molar-refractivity contribution in [2.24, 2.45) is 0 Å². The molecule has 0 fully saturated rings. The van der Waals surface area contributed by atoms with Crippen LogP contribution < -0.4 is 15.9 Å². The lowest BCUT2D eigenvalue weighted by atomic mass is 10.1. The molecule has 0 bridgehead atoms. The van der Waals surface area contributed by atoms with Crippen molar-refractivity contribution in [2.45, 2.75) is 58.3 Å². The van der Waals surface area contributed by atoms with Gasteiger partial charge in [0, 0.05) is 49.4 Å². The lowest BCUT2D eigenvalue weighted by Crippen LogP contribution is -2.27. The summed E-state index contributed by atoms with van der Waals surface area (Å²) in [7, 11) is 0. The number of ether oxygens (including phenoxy) is 1. The van der Waals surface area contributed by atoms with Crippen molar-refractivity contribution in [2.75, 3.05) is 6.61 Å². The van der Waals surface area contributed by atoms with Crippen LogP contribution in [0.5, 0.6) is 11.5 Å². The van der Waals surface area contributed by atoms with Gasteiger partial charge in [0.25, 0.3) is 11.1 Å². The van der Waals surface area contributed by atoms with E-state index in [1.807, 2.05) is 0 Å². The summed E-state index contributed by atoms with van der Waals surface area (Å²) in [6, 6.07) is 3.35.